The van der Waals surface area contributed by atoms with Gasteiger partial charge in [-0.3, -0.25) is 9.59 Å². The molecule has 1 aliphatic rings. The minimum atomic E-state index is -0.234. The van der Waals surface area contributed by atoms with Crippen molar-refractivity contribution in [3.05, 3.63) is 59.9 Å². The van der Waals surface area contributed by atoms with Gasteiger partial charge in [-0.1, -0.05) is 30.3 Å². The quantitative estimate of drug-likeness (QED) is 0.900. The van der Waals surface area contributed by atoms with Gasteiger partial charge in [-0.05, 0) is 17.7 Å². The monoisotopic (exact) mass is 267 g/mol. The van der Waals surface area contributed by atoms with Crippen LogP contribution in [0.4, 0.5) is 5.69 Å². The van der Waals surface area contributed by atoms with E-state index in [4.69, 9.17) is 0 Å². The number of hydrogen-bond donors (Lipinski definition) is 1. The van der Waals surface area contributed by atoms with Gasteiger partial charge in [-0.2, -0.15) is 0 Å². The molecule has 1 N–H and O–H groups in total. The molecule has 2 aromatic rings. The summed E-state index contributed by atoms with van der Waals surface area (Å²) < 4.78 is 0. The largest absolute Gasteiger partial charge is 0.324 e. The third kappa shape index (κ3) is 2.38. The van der Waals surface area contributed by atoms with Gasteiger partial charge < -0.3 is 10.2 Å². The number of carbonyl (C=O) groups is 2. The predicted octanol–water partition coefficient (Wildman–Crippen LogP) is 1.68. The molecule has 0 fully saturated rings. The Kier molecular flexibility index (Phi) is 3.16. The Balaban J connectivity index is 1.92. The molecule has 0 saturated heterocycles. The summed E-state index contributed by atoms with van der Waals surface area (Å²) in [5.74, 6) is -0.441. The third-order valence-corrected chi connectivity index (χ3v) is 3.12. The SMILES string of the molecule is O=C1CN(Cc2ccccc2)C(=O)c2ncccc2N1. The number of pyridine rings is 1. The van der Waals surface area contributed by atoms with E-state index in [-0.39, 0.29) is 24.1 Å². The standard InChI is InChI=1S/C15H13N3O2/c19-13-10-18(9-11-5-2-1-3-6-11)15(20)14-12(17-13)7-4-8-16-14/h1-8H,9-10H2,(H,17,19). The number of amides is 2. The highest BCUT2D eigenvalue weighted by atomic mass is 16.2. The number of nitrogens with one attached hydrogen (secondary N) is 1. The number of anilines is 1. The Bertz CT molecular complexity index is 655. The number of benzene rings is 1. The Hall–Kier alpha value is -2.69. The van der Waals surface area contributed by atoms with Crippen molar-refractivity contribution < 1.29 is 9.59 Å². The van der Waals surface area contributed by atoms with Crippen molar-refractivity contribution in [2.75, 3.05) is 11.9 Å². The van der Waals surface area contributed by atoms with Crippen LogP contribution >= 0.6 is 0 Å². The summed E-state index contributed by atoms with van der Waals surface area (Å²) in [4.78, 5) is 29.9. The van der Waals surface area contributed by atoms with Crippen LogP contribution in [-0.4, -0.2) is 28.2 Å². The topological polar surface area (TPSA) is 62.3 Å². The van der Waals surface area contributed by atoms with Gasteiger partial charge in [0.05, 0.1) is 5.69 Å². The maximum Gasteiger partial charge on any atom is 0.275 e. The van der Waals surface area contributed by atoms with Gasteiger partial charge >= 0.3 is 0 Å². The fraction of sp³-hybridized carbons (Fsp3) is 0.133. The molecule has 0 saturated carbocycles. The van der Waals surface area contributed by atoms with Crippen LogP contribution in [0.5, 0.6) is 0 Å². The molecule has 1 aromatic carbocycles. The maximum atomic E-state index is 12.5. The number of fused-ring (bicyclic) bond motifs is 1. The van der Waals surface area contributed by atoms with Gasteiger partial charge in [0.15, 0.2) is 5.69 Å². The number of aromatic nitrogens is 1. The van der Waals surface area contributed by atoms with Crippen LogP contribution in [0.2, 0.25) is 0 Å². The lowest BCUT2D eigenvalue weighted by Gasteiger charge is -2.19. The van der Waals surface area contributed by atoms with E-state index in [1.165, 1.54) is 4.90 Å². The van der Waals surface area contributed by atoms with E-state index in [0.717, 1.165) is 5.56 Å². The second-order valence-electron chi connectivity index (χ2n) is 4.59. The Morgan fingerprint density at radius 1 is 1.10 bits per heavy atom. The molecule has 3 rings (SSSR count). The molecule has 1 aliphatic heterocycles. The fourth-order valence-electron chi connectivity index (χ4n) is 2.19. The summed E-state index contributed by atoms with van der Waals surface area (Å²) in [6.45, 7) is 0.424. The molecule has 0 unspecified atom stereocenters. The molecule has 2 heterocycles. The first kappa shape index (κ1) is 12.3. The average Bonchev–Trinajstić information content (AvgIpc) is 2.58. The van der Waals surface area contributed by atoms with E-state index >= 15 is 0 Å². The highest BCUT2D eigenvalue weighted by Gasteiger charge is 2.27. The Labute approximate surface area is 116 Å². The Morgan fingerprint density at radius 2 is 1.90 bits per heavy atom. The lowest BCUT2D eigenvalue weighted by Crippen LogP contribution is -2.34. The smallest absolute Gasteiger partial charge is 0.275 e. The number of carbonyl (C=O) groups excluding carboxylic acids is 2. The molecule has 20 heavy (non-hydrogen) atoms. The first-order valence-electron chi connectivity index (χ1n) is 6.32. The van der Waals surface area contributed by atoms with Crippen LogP contribution in [0, 0.1) is 0 Å². The van der Waals surface area contributed by atoms with Gasteiger partial charge in [0, 0.05) is 12.7 Å². The second kappa shape index (κ2) is 5.13. The van der Waals surface area contributed by atoms with Gasteiger partial charge in [-0.15, -0.1) is 0 Å². The molecule has 0 atom stereocenters. The molecule has 5 nitrogen and oxygen atoms in total. The van der Waals surface area contributed by atoms with E-state index in [0.29, 0.717) is 12.2 Å². The molecule has 0 aliphatic carbocycles. The fourth-order valence-corrected chi connectivity index (χ4v) is 2.19. The third-order valence-electron chi connectivity index (χ3n) is 3.12. The zero-order chi connectivity index (χ0) is 13.9. The predicted molar refractivity (Wildman–Crippen MR) is 74.0 cm³/mol. The molecule has 0 spiro atoms. The number of nitrogens with zero attached hydrogens (tertiary/aromatic N) is 2. The highest BCUT2D eigenvalue weighted by Crippen LogP contribution is 2.19. The molecular weight excluding hydrogens is 254 g/mol. The van der Waals surface area contributed by atoms with Gasteiger partial charge in [0.25, 0.3) is 5.91 Å². The number of rotatable bonds is 2. The minimum Gasteiger partial charge on any atom is -0.324 e. The first-order valence-corrected chi connectivity index (χ1v) is 6.32. The summed E-state index contributed by atoms with van der Waals surface area (Å²) in [5, 5.41) is 2.70. The normalized spacial score (nSPS) is 14.5. The lowest BCUT2D eigenvalue weighted by molar-refractivity contribution is -0.116. The average molecular weight is 267 g/mol. The van der Waals surface area contributed by atoms with E-state index < -0.39 is 0 Å². The van der Waals surface area contributed by atoms with Crippen molar-refractivity contribution >= 4 is 17.5 Å². The summed E-state index contributed by atoms with van der Waals surface area (Å²) >= 11 is 0. The highest BCUT2D eigenvalue weighted by molar-refractivity contribution is 6.07. The van der Waals surface area contributed by atoms with E-state index in [9.17, 15) is 9.59 Å². The van der Waals surface area contributed by atoms with E-state index in [1.807, 2.05) is 30.3 Å². The van der Waals surface area contributed by atoms with Crippen LogP contribution < -0.4 is 5.32 Å². The van der Waals surface area contributed by atoms with Crippen LogP contribution in [0.1, 0.15) is 16.1 Å². The lowest BCUT2D eigenvalue weighted by atomic mass is 10.2. The number of hydrogen-bond acceptors (Lipinski definition) is 3. The van der Waals surface area contributed by atoms with Crippen LogP contribution in [0.25, 0.3) is 0 Å². The summed E-state index contributed by atoms with van der Waals surface area (Å²) in [6, 6.07) is 13.0. The van der Waals surface area contributed by atoms with Crippen molar-refractivity contribution in [1.82, 2.24) is 9.88 Å². The van der Waals surface area contributed by atoms with Crippen molar-refractivity contribution in [1.29, 1.82) is 0 Å². The van der Waals surface area contributed by atoms with Crippen molar-refractivity contribution in [2.24, 2.45) is 0 Å². The van der Waals surface area contributed by atoms with Crippen LogP contribution in [-0.2, 0) is 11.3 Å². The van der Waals surface area contributed by atoms with Crippen LogP contribution in [0.15, 0.2) is 48.7 Å². The molecule has 2 amide bonds. The Morgan fingerprint density at radius 3 is 2.70 bits per heavy atom. The van der Waals surface area contributed by atoms with E-state index in [2.05, 4.69) is 10.3 Å². The van der Waals surface area contributed by atoms with Gasteiger partial charge in [-0.25, -0.2) is 4.98 Å². The molecular formula is C15H13N3O2. The zero-order valence-electron chi connectivity index (χ0n) is 10.7. The van der Waals surface area contributed by atoms with Crippen molar-refractivity contribution in [3.8, 4) is 0 Å². The van der Waals surface area contributed by atoms with Gasteiger partial charge in [0.1, 0.15) is 6.54 Å². The van der Waals surface area contributed by atoms with Crippen LogP contribution in [0.3, 0.4) is 0 Å². The maximum absolute atomic E-state index is 12.5. The molecule has 0 radical (unpaired) electrons. The van der Waals surface area contributed by atoms with Gasteiger partial charge in [0.2, 0.25) is 5.91 Å². The zero-order valence-corrected chi connectivity index (χ0v) is 10.7. The summed E-state index contributed by atoms with van der Waals surface area (Å²) in [6.07, 6.45) is 1.55. The molecule has 1 aromatic heterocycles. The molecule has 100 valence electrons. The first-order chi connectivity index (χ1) is 9.74. The van der Waals surface area contributed by atoms with Crippen molar-refractivity contribution in [3.63, 3.8) is 0 Å². The summed E-state index contributed by atoms with van der Waals surface area (Å²) in [7, 11) is 0. The van der Waals surface area contributed by atoms with E-state index in [1.54, 1.807) is 18.3 Å². The minimum absolute atomic E-state index is 0.0318. The second-order valence-corrected chi connectivity index (χ2v) is 4.59. The van der Waals surface area contributed by atoms with Crippen molar-refractivity contribution in [2.45, 2.75) is 6.54 Å². The summed E-state index contributed by atoms with van der Waals surface area (Å²) in [5.41, 5.74) is 1.74. The molecule has 0 bridgehead atoms. The molecule has 5 heteroatoms.